The number of aromatic nitrogens is 1. The minimum atomic E-state index is 0. The van der Waals surface area contributed by atoms with Crippen molar-refractivity contribution in [2.75, 3.05) is 13.6 Å². The predicted octanol–water partition coefficient (Wildman–Crippen LogP) is 4.20. The molecule has 0 radical (unpaired) electrons. The summed E-state index contributed by atoms with van der Waals surface area (Å²) in [7, 11) is 1.81. The van der Waals surface area contributed by atoms with Gasteiger partial charge in [-0.25, -0.2) is 0 Å². The van der Waals surface area contributed by atoms with Crippen LogP contribution in [0.25, 0.3) is 0 Å². The van der Waals surface area contributed by atoms with E-state index in [2.05, 4.69) is 65.0 Å². The molecule has 0 fully saturated rings. The predicted molar refractivity (Wildman–Crippen MR) is 119 cm³/mol. The Labute approximate surface area is 174 Å². The molecule has 2 rings (SSSR count). The molecule has 2 atom stereocenters. The zero-order chi connectivity index (χ0) is 18.2. The molecular weight excluding hydrogens is 439 g/mol. The lowest BCUT2D eigenvalue weighted by atomic mass is 10.00. The lowest BCUT2D eigenvalue weighted by Crippen LogP contribution is -2.43. The van der Waals surface area contributed by atoms with Crippen LogP contribution in [0.5, 0.6) is 0 Å². The molecule has 1 heterocycles. The standard InChI is InChI=1S/C20H30N4O.HI/c1-14(19-16(3)24-25-17(19)4)13-22-20(21-5)23-15(2)11-12-18-9-7-6-8-10-18;/h6-10,14-15H,11-13H2,1-5H3,(H2,21,22,23);1H. The van der Waals surface area contributed by atoms with Crippen LogP contribution in [-0.2, 0) is 6.42 Å². The Balaban J connectivity index is 0.00000338. The second-order valence-corrected chi connectivity index (χ2v) is 6.66. The van der Waals surface area contributed by atoms with E-state index in [4.69, 9.17) is 4.52 Å². The monoisotopic (exact) mass is 470 g/mol. The maximum absolute atomic E-state index is 5.26. The normalized spacial score (nSPS) is 13.7. The molecular formula is C20H31IN4O. The van der Waals surface area contributed by atoms with Gasteiger partial charge in [0.2, 0.25) is 0 Å². The molecule has 6 heteroatoms. The molecule has 26 heavy (non-hydrogen) atoms. The Morgan fingerprint density at radius 2 is 1.88 bits per heavy atom. The van der Waals surface area contributed by atoms with Crippen molar-refractivity contribution < 1.29 is 4.52 Å². The summed E-state index contributed by atoms with van der Waals surface area (Å²) < 4.78 is 5.26. The lowest BCUT2D eigenvalue weighted by Gasteiger charge is -2.20. The third-order valence-electron chi connectivity index (χ3n) is 4.47. The second-order valence-electron chi connectivity index (χ2n) is 6.66. The largest absolute Gasteiger partial charge is 0.361 e. The van der Waals surface area contributed by atoms with Crippen LogP contribution >= 0.6 is 24.0 Å². The Bertz CT molecular complexity index is 665. The van der Waals surface area contributed by atoms with E-state index in [0.717, 1.165) is 36.8 Å². The summed E-state index contributed by atoms with van der Waals surface area (Å²) in [6, 6.07) is 10.9. The van der Waals surface area contributed by atoms with Crippen LogP contribution < -0.4 is 10.6 Å². The molecule has 0 amide bonds. The van der Waals surface area contributed by atoms with E-state index < -0.39 is 0 Å². The summed E-state index contributed by atoms with van der Waals surface area (Å²) in [4.78, 5) is 4.34. The number of nitrogens with one attached hydrogen (secondary N) is 2. The van der Waals surface area contributed by atoms with Crippen LogP contribution in [-0.4, -0.2) is 30.8 Å². The number of nitrogens with zero attached hydrogens (tertiary/aromatic N) is 2. The highest BCUT2D eigenvalue weighted by Crippen LogP contribution is 2.22. The number of benzene rings is 1. The maximum atomic E-state index is 5.26. The number of rotatable bonds is 7. The van der Waals surface area contributed by atoms with Gasteiger partial charge in [0.1, 0.15) is 5.76 Å². The zero-order valence-electron chi connectivity index (χ0n) is 16.4. The Hall–Kier alpha value is -1.57. The highest BCUT2D eigenvalue weighted by Gasteiger charge is 2.17. The summed E-state index contributed by atoms with van der Waals surface area (Å²) >= 11 is 0. The number of aryl methyl sites for hydroxylation is 3. The molecule has 2 N–H and O–H groups in total. The molecule has 2 unspecified atom stereocenters. The highest BCUT2D eigenvalue weighted by molar-refractivity contribution is 14.0. The average molecular weight is 470 g/mol. The van der Waals surface area contributed by atoms with Gasteiger partial charge in [0, 0.05) is 31.1 Å². The first-order chi connectivity index (χ1) is 12.0. The van der Waals surface area contributed by atoms with E-state index in [-0.39, 0.29) is 24.0 Å². The van der Waals surface area contributed by atoms with Gasteiger partial charge in [-0.05, 0) is 39.2 Å². The van der Waals surface area contributed by atoms with E-state index in [1.165, 1.54) is 11.1 Å². The maximum Gasteiger partial charge on any atom is 0.191 e. The minimum Gasteiger partial charge on any atom is -0.361 e. The van der Waals surface area contributed by atoms with Gasteiger partial charge in [0.05, 0.1) is 5.69 Å². The number of halogens is 1. The number of hydrogen-bond acceptors (Lipinski definition) is 3. The molecule has 144 valence electrons. The van der Waals surface area contributed by atoms with Crippen LogP contribution in [0.2, 0.25) is 0 Å². The topological polar surface area (TPSA) is 62.5 Å². The third kappa shape index (κ3) is 6.63. The first-order valence-electron chi connectivity index (χ1n) is 8.95. The highest BCUT2D eigenvalue weighted by atomic mass is 127. The third-order valence-corrected chi connectivity index (χ3v) is 4.47. The number of hydrogen-bond donors (Lipinski definition) is 2. The van der Waals surface area contributed by atoms with Gasteiger partial charge >= 0.3 is 0 Å². The van der Waals surface area contributed by atoms with Crippen LogP contribution in [0.3, 0.4) is 0 Å². The fraction of sp³-hybridized carbons (Fsp3) is 0.500. The van der Waals surface area contributed by atoms with Gasteiger partial charge in [-0.2, -0.15) is 0 Å². The van der Waals surface area contributed by atoms with Crippen molar-refractivity contribution in [3.05, 3.63) is 52.9 Å². The molecule has 0 bridgehead atoms. The van der Waals surface area contributed by atoms with Crippen molar-refractivity contribution in [1.29, 1.82) is 0 Å². The fourth-order valence-electron chi connectivity index (χ4n) is 3.07. The Morgan fingerprint density at radius 1 is 1.19 bits per heavy atom. The molecule has 0 saturated carbocycles. The molecule has 0 aliphatic heterocycles. The van der Waals surface area contributed by atoms with Crippen LogP contribution in [0.1, 0.15) is 48.8 Å². The lowest BCUT2D eigenvalue weighted by molar-refractivity contribution is 0.391. The number of aliphatic imine (C=N–C) groups is 1. The molecule has 1 aromatic carbocycles. The van der Waals surface area contributed by atoms with E-state index in [9.17, 15) is 0 Å². The first kappa shape index (κ1) is 22.5. The average Bonchev–Trinajstić information content (AvgIpc) is 2.96. The quantitative estimate of drug-likeness (QED) is 0.362. The fourth-order valence-corrected chi connectivity index (χ4v) is 3.07. The Kier molecular flexibility index (Phi) is 9.69. The van der Waals surface area contributed by atoms with Gasteiger partial charge in [0.25, 0.3) is 0 Å². The first-order valence-corrected chi connectivity index (χ1v) is 8.95. The molecule has 0 aliphatic carbocycles. The van der Waals surface area contributed by atoms with Gasteiger partial charge in [0.15, 0.2) is 5.96 Å². The van der Waals surface area contributed by atoms with Crippen LogP contribution in [0, 0.1) is 13.8 Å². The molecule has 2 aromatic rings. The van der Waals surface area contributed by atoms with Crippen molar-refractivity contribution in [2.24, 2.45) is 4.99 Å². The summed E-state index contributed by atoms with van der Waals surface area (Å²) in [6.45, 7) is 9.10. The van der Waals surface area contributed by atoms with Gasteiger partial charge in [-0.3, -0.25) is 4.99 Å². The van der Waals surface area contributed by atoms with Gasteiger partial charge in [-0.15, -0.1) is 24.0 Å². The molecule has 0 aliphatic rings. The van der Waals surface area contributed by atoms with E-state index in [0.29, 0.717) is 12.0 Å². The van der Waals surface area contributed by atoms with Crippen molar-refractivity contribution >= 4 is 29.9 Å². The minimum absolute atomic E-state index is 0. The van der Waals surface area contributed by atoms with Crippen molar-refractivity contribution in [2.45, 2.75) is 52.5 Å². The summed E-state index contributed by atoms with van der Waals surface area (Å²) in [5.74, 6) is 2.04. The summed E-state index contributed by atoms with van der Waals surface area (Å²) in [5, 5.41) is 10.9. The van der Waals surface area contributed by atoms with Crippen molar-refractivity contribution in [3.8, 4) is 0 Å². The van der Waals surface area contributed by atoms with E-state index >= 15 is 0 Å². The van der Waals surface area contributed by atoms with Gasteiger partial charge < -0.3 is 15.2 Å². The van der Waals surface area contributed by atoms with Crippen LogP contribution in [0.4, 0.5) is 0 Å². The summed E-state index contributed by atoms with van der Waals surface area (Å²) in [5.41, 5.74) is 3.51. The van der Waals surface area contributed by atoms with Crippen molar-refractivity contribution in [3.63, 3.8) is 0 Å². The van der Waals surface area contributed by atoms with E-state index in [1.807, 2.05) is 13.8 Å². The number of guanidine groups is 1. The van der Waals surface area contributed by atoms with Gasteiger partial charge in [-0.1, -0.05) is 42.4 Å². The Morgan fingerprint density at radius 3 is 2.46 bits per heavy atom. The molecule has 5 nitrogen and oxygen atoms in total. The molecule has 1 aromatic heterocycles. The molecule has 0 spiro atoms. The SMILES string of the molecule is CN=C(NCC(C)c1c(C)noc1C)NC(C)CCc1ccccc1.I. The molecule has 0 saturated heterocycles. The van der Waals surface area contributed by atoms with Crippen molar-refractivity contribution in [1.82, 2.24) is 15.8 Å². The smallest absolute Gasteiger partial charge is 0.191 e. The summed E-state index contributed by atoms with van der Waals surface area (Å²) in [6.07, 6.45) is 2.12. The van der Waals surface area contributed by atoms with Crippen LogP contribution in [0.15, 0.2) is 39.8 Å². The zero-order valence-corrected chi connectivity index (χ0v) is 18.7. The second kappa shape index (κ2) is 11.2. The van der Waals surface area contributed by atoms with E-state index in [1.54, 1.807) is 7.05 Å².